The van der Waals surface area contributed by atoms with Gasteiger partial charge in [0.05, 0.1) is 11.4 Å². The molecule has 4 heteroatoms. The number of nitrogens with zero attached hydrogens (tertiary/aromatic N) is 1. The summed E-state index contributed by atoms with van der Waals surface area (Å²) in [5, 5.41) is 1.25. The van der Waals surface area contributed by atoms with Crippen LogP contribution in [0.3, 0.4) is 0 Å². The molecule has 0 aliphatic heterocycles. The van der Waals surface area contributed by atoms with Crippen molar-refractivity contribution in [3.63, 3.8) is 0 Å². The molecule has 0 amide bonds. The minimum Gasteiger partial charge on any atom is -0.245 e. The molecule has 0 N–H and O–H groups in total. The van der Waals surface area contributed by atoms with Crippen molar-refractivity contribution < 1.29 is 0 Å². The van der Waals surface area contributed by atoms with E-state index in [1.54, 1.807) is 0 Å². The zero-order chi connectivity index (χ0) is 12.4. The zero-order valence-corrected chi connectivity index (χ0v) is 12.5. The van der Waals surface area contributed by atoms with Gasteiger partial charge >= 0.3 is 0 Å². The molecule has 2 aromatic rings. The topological polar surface area (TPSA) is 12.9 Å². The highest BCUT2D eigenvalue weighted by Crippen LogP contribution is 2.43. The Hall–Kier alpha value is -0.450. The lowest BCUT2D eigenvalue weighted by molar-refractivity contribution is 1.01. The fraction of sp³-hybridized carbons (Fsp3) is 0.357. The molecule has 1 nitrogen and oxygen atoms in total. The molecule has 18 heavy (non-hydrogen) atoms. The standard InChI is InChI=1S/C14H15NS3/c16-8-12-14(10-6-7-10)15-13(18-12)9-17-11-4-2-1-3-5-11/h1-5,10,16H,6-9H2. The lowest BCUT2D eigenvalue weighted by Crippen LogP contribution is -1.85. The van der Waals surface area contributed by atoms with Crippen molar-refractivity contribution in [2.24, 2.45) is 0 Å². The number of thioether (sulfide) groups is 1. The molecule has 1 aliphatic rings. The third-order valence-corrected chi connectivity index (χ3v) is 5.79. The van der Waals surface area contributed by atoms with Crippen LogP contribution in [0.25, 0.3) is 0 Å². The van der Waals surface area contributed by atoms with Gasteiger partial charge in [0, 0.05) is 21.4 Å². The molecule has 0 radical (unpaired) electrons. The number of rotatable bonds is 5. The molecule has 0 unspecified atom stereocenters. The summed E-state index contributed by atoms with van der Waals surface area (Å²) in [6.07, 6.45) is 2.63. The first-order chi connectivity index (χ1) is 8.86. The maximum absolute atomic E-state index is 4.81. The molecule has 0 atom stereocenters. The Morgan fingerprint density at radius 2 is 2.06 bits per heavy atom. The van der Waals surface area contributed by atoms with E-state index >= 15 is 0 Å². The van der Waals surface area contributed by atoms with E-state index in [0.29, 0.717) is 0 Å². The maximum atomic E-state index is 4.81. The average molecular weight is 293 g/mol. The smallest absolute Gasteiger partial charge is 0.103 e. The number of hydrogen-bond donors (Lipinski definition) is 1. The summed E-state index contributed by atoms with van der Waals surface area (Å²) < 4.78 is 0. The third kappa shape index (κ3) is 2.92. The molecule has 0 saturated heterocycles. The van der Waals surface area contributed by atoms with Crippen molar-refractivity contribution >= 4 is 35.7 Å². The molecular formula is C14H15NS3. The van der Waals surface area contributed by atoms with Crippen LogP contribution in [0.1, 0.15) is 34.3 Å². The van der Waals surface area contributed by atoms with Crippen LogP contribution in [-0.4, -0.2) is 4.98 Å². The molecule has 1 aromatic carbocycles. The highest BCUT2D eigenvalue weighted by molar-refractivity contribution is 7.98. The number of benzene rings is 1. The fourth-order valence-electron chi connectivity index (χ4n) is 1.93. The summed E-state index contributed by atoms with van der Waals surface area (Å²) in [6.45, 7) is 0. The van der Waals surface area contributed by atoms with E-state index in [0.717, 1.165) is 17.4 Å². The normalized spacial score (nSPS) is 14.9. The Morgan fingerprint density at radius 3 is 2.72 bits per heavy atom. The molecule has 1 heterocycles. The summed E-state index contributed by atoms with van der Waals surface area (Å²) >= 11 is 8.12. The van der Waals surface area contributed by atoms with E-state index in [1.807, 2.05) is 23.1 Å². The number of thiazole rings is 1. The third-order valence-electron chi connectivity index (χ3n) is 2.99. The van der Waals surface area contributed by atoms with Crippen molar-refractivity contribution in [1.29, 1.82) is 0 Å². The monoisotopic (exact) mass is 293 g/mol. The summed E-state index contributed by atoms with van der Waals surface area (Å²) in [5.74, 6) is 2.54. The molecule has 1 aromatic heterocycles. The van der Waals surface area contributed by atoms with Crippen LogP contribution in [0.15, 0.2) is 35.2 Å². The first-order valence-corrected chi connectivity index (χ1v) is 8.57. The summed E-state index contributed by atoms with van der Waals surface area (Å²) in [4.78, 5) is 7.50. The van der Waals surface area contributed by atoms with E-state index < -0.39 is 0 Å². The first kappa shape index (κ1) is 12.6. The van der Waals surface area contributed by atoms with E-state index in [-0.39, 0.29) is 0 Å². The fourth-order valence-corrected chi connectivity index (χ4v) is 4.21. The van der Waals surface area contributed by atoms with Crippen LogP contribution < -0.4 is 0 Å². The van der Waals surface area contributed by atoms with E-state index in [9.17, 15) is 0 Å². The van der Waals surface area contributed by atoms with Crippen LogP contribution in [-0.2, 0) is 11.5 Å². The van der Waals surface area contributed by atoms with E-state index in [1.165, 1.54) is 33.3 Å². The minimum absolute atomic E-state index is 0.735. The average Bonchev–Trinajstić information content (AvgIpc) is 3.18. The van der Waals surface area contributed by atoms with Gasteiger partial charge in [-0.25, -0.2) is 4.98 Å². The second-order valence-electron chi connectivity index (χ2n) is 4.45. The van der Waals surface area contributed by atoms with Gasteiger partial charge < -0.3 is 0 Å². The molecule has 1 fully saturated rings. The second kappa shape index (κ2) is 5.68. The maximum Gasteiger partial charge on any atom is 0.103 e. The number of hydrogen-bond acceptors (Lipinski definition) is 4. The molecule has 0 bridgehead atoms. The summed E-state index contributed by atoms with van der Waals surface area (Å²) in [7, 11) is 0. The Bertz CT molecular complexity index is 517. The Morgan fingerprint density at radius 1 is 1.28 bits per heavy atom. The van der Waals surface area contributed by atoms with Crippen molar-refractivity contribution in [3.05, 3.63) is 45.9 Å². The van der Waals surface area contributed by atoms with Gasteiger partial charge in [-0.2, -0.15) is 12.6 Å². The summed E-state index contributed by atoms with van der Waals surface area (Å²) in [6, 6.07) is 10.5. The molecule has 0 spiro atoms. The Labute approximate surface area is 121 Å². The molecular weight excluding hydrogens is 278 g/mol. The predicted molar refractivity (Wildman–Crippen MR) is 82.8 cm³/mol. The van der Waals surface area contributed by atoms with Crippen molar-refractivity contribution in [3.8, 4) is 0 Å². The lowest BCUT2D eigenvalue weighted by Gasteiger charge is -1.97. The highest BCUT2D eigenvalue weighted by Gasteiger charge is 2.29. The van der Waals surface area contributed by atoms with Gasteiger partial charge in [-0.1, -0.05) is 18.2 Å². The number of aromatic nitrogens is 1. The van der Waals surface area contributed by atoms with Gasteiger partial charge in [-0.05, 0) is 25.0 Å². The van der Waals surface area contributed by atoms with Crippen LogP contribution in [0.5, 0.6) is 0 Å². The van der Waals surface area contributed by atoms with Crippen LogP contribution in [0.2, 0.25) is 0 Å². The molecule has 94 valence electrons. The zero-order valence-electron chi connectivity index (χ0n) is 10.0. The minimum atomic E-state index is 0.735. The summed E-state index contributed by atoms with van der Waals surface area (Å²) in [5.41, 5.74) is 1.33. The van der Waals surface area contributed by atoms with Crippen molar-refractivity contribution in [2.45, 2.75) is 35.2 Å². The SMILES string of the molecule is SCc1sc(CSc2ccccc2)nc1C1CC1. The quantitative estimate of drug-likeness (QED) is 0.631. The van der Waals surface area contributed by atoms with Crippen LogP contribution in [0, 0.1) is 0 Å². The predicted octanol–water partition coefficient (Wildman–Crippen LogP) is 4.74. The van der Waals surface area contributed by atoms with E-state index in [4.69, 9.17) is 4.98 Å². The van der Waals surface area contributed by atoms with Gasteiger partial charge in [-0.3, -0.25) is 0 Å². The van der Waals surface area contributed by atoms with Crippen molar-refractivity contribution in [1.82, 2.24) is 4.98 Å². The van der Waals surface area contributed by atoms with Crippen molar-refractivity contribution in [2.75, 3.05) is 0 Å². The Kier molecular flexibility index (Phi) is 3.97. The van der Waals surface area contributed by atoms with Crippen LogP contribution in [0.4, 0.5) is 0 Å². The molecule has 3 rings (SSSR count). The van der Waals surface area contributed by atoms with E-state index in [2.05, 4.69) is 43.0 Å². The molecule has 1 saturated carbocycles. The Balaban J connectivity index is 1.69. The number of thiol groups is 1. The van der Waals surface area contributed by atoms with Gasteiger partial charge in [0.1, 0.15) is 5.01 Å². The van der Waals surface area contributed by atoms with Gasteiger partial charge in [0.2, 0.25) is 0 Å². The highest BCUT2D eigenvalue weighted by atomic mass is 32.2. The van der Waals surface area contributed by atoms with Crippen LogP contribution >= 0.6 is 35.7 Å². The lowest BCUT2D eigenvalue weighted by atomic mass is 10.3. The largest absolute Gasteiger partial charge is 0.245 e. The van der Waals surface area contributed by atoms with Gasteiger partial charge in [-0.15, -0.1) is 23.1 Å². The van der Waals surface area contributed by atoms with Gasteiger partial charge in [0.15, 0.2) is 0 Å². The first-order valence-electron chi connectivity index (χ1n) is 6.14. The second-order valence-corrected chi connectivity index (χ2v) is 6.98. The van der Waals surface area contributed by atoms with Gasteiger partial charge in [0.25, 0.3) is 0 Å². The molecule has 1 aliphatic carbocycles.